The number of unbranched alkanes of at least 4 members (excludes halogenated alkanes) is 5. The van der Waals surface area contributed by atoms with Crippen LogP contribution in [0.1, 0.15) is 117 Å². The second-order valence-electron chi connectivity index (χ2n) is 11.9. The second-order valence-corrected chi connectivity index (χ2v) is 11.9. The standard InChI is InChI=1S/C28H47NO/c1-5-6-7-8-9-10-11-21-13-15-25-24-14-12-22-20-23(29(4)30)16-18-28(22,3)26(24)17-19-27(21,25)2/h20-21,24-26H,5-19H2,1-4H3/b29-23-/t21?,24-,25-,26-,27+,28-/m0/s1. The molecule has 0 saturated heterocycles. The van der Waals surface area contributed by atoms with Crippen molar-refractivity contribution in [1.29, 1.82) is 0 Å². The maximum atomic E-state index is 11.9. The van der Waals surface area contributed by atoms with Gasteiger partial charge in [-0.05, 0) is 85.9 Å². The summed E-state index contributed by atoms with van der Waals surface area (Å²) in [5.41, 5.74) is 3.60. The fraction of sp³-hybridized carbons (Fsp3) is 0.893. The molecule has 0 aromatic carbocycles. The van der Waals surface area contributed by atoms with Crippen molar-refractivity contribution in [1.82, 2.24) is 0 Å². The summed E-state index contributed by atoms with van der Waals surface area (Å²) in [6, 6.07) is 0. The highest BCUT2D eigenvalue weighted by Gasteiger charge is 2.58. The number of allylic oxidation sites excluding steroid dienone is 2. The van der Waals surface area contributed by atoms with Crippen LogP contribution in [0.15, 0.2) is 11.6 Å². The molecule has 4 rings (SSSR count). The average Bonchev–Trinajstić information content (AvgIpc) is 3.06. The first-order valence-corrected chi connectivity index (χ1v) is 13.4. The van der Waals surface area contributed by atoms with Gasteiger partial charge in [-0.25, -0.2) is 4.74 Å². The lowest BCUT2D eigenvalue weighted by molar-refractivity contribution is -0.423. The Balaban J connectivity index is 1.42. The highest BCUT2D eigenvalue weighted by molar-refractivity contribution is 5.92. The van der Waals surface area contributed by atoms with Crippen molar-refractivity contribution in [3.05, 3.63) is 16.9 Å². The molecular weight excluding hydrogens is 366 g/mol. The summed E-state index contributed by atoms with van der Waals surface area (Å²) in [5.74, 6) is 3.75. The Bertz CT molecular complexity index is 674. The van der Waals surface area contributed by atoms with E-state index >= 15 is 0 Å². The van der Waals surface area contributed by atoms with E-state index in [-0.39, 0.29) is 0 Å². The second kappa shape index (κ2) is 8.99. The van der Waals surface area contributed by atoms with Gasteiger partial charge in [0.25, 0.3) is 0 Å². The SMILES string of the molecule is CCCCCCCCC1CC[C@H]2[C@@H]3CCC4=C/C(=[N+](/C)[O-])CC[C@]4(C)[C@H]3CC[C@]12C. The molecule has 0 aromatic heterocycles. The Morgan fingerprint density at radius 1 is 0.933 bits per heavy atom. The van der Waals surface area contributed by atoms with Crippen molar-refractivity contribution in [3.63, 3.8) is 0 Å². The number of rotatable bonds is 7. The van der Waals surface area contributed by atoms with Gasteiger partial charge in [-0.3, -0.25) is 0 Å². The van der Waals surface area contributed by atoms with Gasteiger partial charge in [-0.15, -0.1) is 0 Å². The molecule has 0 N–H and O–H groups in total. The first-order chi connectivity index (χ1) is 14.4. The van der Waals surface area contributed by atoms with Crippen molar-refractivity contribution in [3.8, 4) is 0 Å². The Labute approximate surface area is 186 Å². The van der Waals surface area contributed by atoms with Gasteiger partial charge in [0.05, 0.1) is 0 Å². The van der Waals surface area contributed by atoms with Crippen molar-refractivity contribution >= 4 is 5.71 Å². The fourth-order valence-electron chi connectivity index (χ4n) is 8.57. The molecule has 0 aromatic rings. The Morgan fingerprint density at radius 2 is 1.70 bits per heavy atom. The quantitative estimate of drug-likeness (QED) is 0.180. The van der Waals surface area contributed by atoms with E-state index in [1.54, 1.807) is 12.6 Å². The molecule has 6 atom stereocenters. The van der Waals surface area contributed by atoms with Gasteiger partial charge >= 0.3 is 0 Å². The molecule has 0 heterocycles. The maximum absolute atomic E-state index is 11.9. The van der Waals surface area contributed by atoms with Crippen LogP contribution in [0.5, 0.6) is 0 Å². The van der Waals surface area contributed by atoms with Crippen molar-refractivity contribution < 1.29 is 4.74 Å². The van der Waals surface area contributed by atoms with Crippen LogP contribution in [-0.2, 0) is 0 Å². The van der Waals surface area contributed by atoms with Crippen LogP contribution in [0.3, 0.4) is 0 Å². The van der Waals surface area contributed by atoms with E-state index in [1.165, 1.54) is 89.9 Å². The Hall–Kier alpha value is -0.790. The van der Waals surface area contributed by atoms with Gasteiger partial charge in [0.15, 0.2) is 5.71 Å². The van der Waals surface area contributed by atoms with Gasteiger partial charge < -0.3 is 5.21 Å². The van der Waals surface area contributed by atoms with Crippen molar-refractivity contribution in [2.75, 3.05) is 7.05 Å². The summed E-state index contributed by atoms with van der Waals surface area (Å²) in [6.45, 7) is 7.56. The molecule has 4 aliphatic carbocycles. The van der Waals surface area contributed by atoms with Gasteiger partial charge in [0, 0.05) is 12.5 Å². The Kier molecular flexibility index (Phi) is 6.71. The molecule has 0 bridgehead atoms. The smallest absolute Gasteiger partial charge is 0.186 e. The third-order valence-corrected chi connectivity index (χ3v) is 10.5. The topological polar surface area (TPSA) is 26.1 Å². The molecule has 3 fully saturated rings. The lowest BCUT2D eigenvalue weighted by Crippen LogP contribution is -2.50. The van der Waals surface area contributed by atoms with Crippen LogP contribution < -0.4 is 0 Å². The molecule has 3 saturated carbocycles. The summed E-state index contributed by atoms with van der Waals surface area (Å²) in [7, 11) is 1.68. The summed E-state index contributed by atoms with van der Waals surface area (Å²) in [4.78, 5) is 0. The van der Waals surface area contributed by atoms with Crippen molar-refractivity contribution in [2.45, 2.75) is 117 Å². The van der Waals surface area contributed by atoms with E-state index in [0.717, 1.165) is 40.5 Å². The Morgan fingerprint density at radius 3 is 2.47 bits per heavy atom. The lowest BCUT2D eigenvalue weighted by Gasteiger charge is -2.58. The molecule has 2 heteroatoms. The average molecular weight is 414 g/mol. The number of nitrogens with zero attached hydrogens (tertiary/aromatic N) is 1. The first kappa shape index (κ1) is 22.4. The van der Waals surface area contributed by atoms with Crippen molar-refractivity contribution in [2.24, 2.45) is 34.5 Å². The van der Waals surface area contributed by atoms with E-state index in [2.05, 4.69) is 26.8 Å². The molecular formula is C28H47NO. The minimum atomic E-state index is 0.362. The number of hydrogen-bond acceptors (Lipinski definition) is 1. The van der Waals surface area contributed by atoms with E-state index in [1.807, 2.05) is 0 Å². The maximum Gasteiger partial charge on any atom is 0.186 e. The lowest BCUT2D eigenvalue weighted by atomic mass is 9.46. The zero-order valence-electron chi connectivity index (χ0n) is 20.3. The van der Waals surface area contributed by atoms with Gasteiger partial charge in [0.2, 0.25) is 0 Å². The van der Waals surface area contributed by atoms with Crippen LogP contribution in [0.2, 0.25) is 0 Å². The molecule has 1 unspecified atom stereocenters. The molecule has 0 amide bonds. The third kappa shape index (κ3) is 3.90. The molecule has 0 aliphatic heterocycles. The number of hydrogen-bond donors (Lipinski definition) is 0. The molecule has 2 nitrogen and oxygen atoms in total. The first-order valence-electron chi connectivity index (χ1n) is 13.4. The van der Waals surface area contributed by atoms with E-state index in [0.29, 0.717) is 10.8 Å². The van der Waals surface area contributed by atoms with Crippen LogP contribution >= 0.6 is 0 Å². The molecule has 0 radical (unpaired) electrons. The van der Waals surface area contributed by atoms with Gasteiger partial charge in [-0.2, -0.15) is 0 Å². The van der Waals surface area contributed by atoms with E-state index in [9.17, 15) is 5.21 Å². The zero-order valence-corrected chi connectivity index (χ0v) is 20.3. The summed E-state index contributed by atoms with van der Waals surface area (Å²) < 4.78 is 1.11. The zero-order chi connectivity index (χ0) is 21.4. The van der Waals surface area contributed by atoms with Crippen LogP contribution in [0, 0.1) is 39.7 Å². The summed E-state index contributed by atoms with van der Waals surface area (Å²) >= 11 is 0. The highest BCUT2D eigenvalue weighted by atomic mass is 16.5. The van der Waals surface area contributed by atoms with E-state index < -0.39 is 0 Å². The normalized spacial score (nSPS) is 42.2. The minimum absolute atomic E-state index is 0.362. The third-order valence-electron chi connectivity index (χ3n) is 10.5. The van der Waals surface area contributed by atoms with Crippen LogP contribution in [0.4, 0.5) is 0 Å². The molecule has 170 valence electrons. The predicted octanol–water partition coefficient (Wildman–Crippen LogP) is 7.90. The van der Waals surface area contributed by atoms with E-state index in [4.69, 9.17) is 0 Å². The summed E-state index contributed by atoms with van der Waals surface area (Å²) in [5, 5.41) is 11.9. The minimum Gasteiger partial charge on any atom is -0.624 e. The van der Waals surface area contributed by atoms with Gasteiger partial charge in [-0.1, -0.05) is 64.9 Å². The molecule has 4 aliphatic rings. The highest BCUT2D eigenvalue weighted by Crippen LogP contribution is 2.67. The molecule has 0 spiro atoms. The monoisotopic (exact) mass is 413 g/mol. The predicted molar refractivity (Wildman–Crippen MR) is 128 cm³/mol. The largest absolute Gasteiger partial charge is 0.624 e. The van der Waals surface area contributed by atoms with Crippen LogP contribution in [-0.4, -0.2) is 17.5 Å². The molecule has 30 heavy (non-hydrogen) atoms. The number of hydroxylamine groups is 1. The van der Waals surface area contributed by atoms with Crippen LogP contribution in [0.25, 0.3) is 0 Å². The fourth-order valence-corrected chi connectivity index (χ4v) is 8.57. The number of fused-ring (bicyclic) bond motifs is 5. The summed E-state index contributed by atoms with van der Waals surface area (Å²) in [6.07, 6.45) is 23.1. The van der Waals surface area contributed by atoms with Gasteiger partial charge in [0.1, 0.15) is 7.05 Å².